The molecule has 0 saturated carbocycles. The number of urea groups is 1. The van der Waals surface area contributed by atoms with Crippen molar-refractivity contribution < 1.29 is 13.2 Å². The lowest BCUT2D eigenvalue weighted by Crippen LogP contribution is -2.42. The average Bonchev–Trinajstić information content (AvgIpc) is 2.75. The Morgan fingerprint density at radius 3 is 2.41 bits per heavy atom. The number of hydrogen-bond acceptors (Lipinski definition) is 3. The van der Waals surface area contributed by atoms with Crippen LogP contribution in [0.1, 0.15) is 31.2 Å². The molecular weight excluding hydrogens is 324 g/mol. The molecule has 1 saturated heterocycles. The minimum atomic E-state index is -3.84. The van der Waals surface area contributed by atoms with Crippen LogP contribution in [0.15, 0.2) is 29.7 Å². The van der Waals surface area contributed by atoms with Gasteiger partial charge in [-0.1, -0.05) is 42.6 Å². The molecule has 7 heteroatoms. The van der Waals surface area contributed by atoms with Gasteiger partial charge in [0.1, 0.15) is 0 Å². The van der Waals surface area contributed by atoms with E-state index in [4.69, 9.17) is 11.6 Å². The van der Waals surface area contributed by atoms with Crippen LogP contribution < -0.4 is 4.72 Å². The Balaban J connectivity index is 2.01. The van der Waals surface area contributed by atoms with E-state index < -0.39 is 16.1 Å². The summed E-state index contributed by atoms with van der Waals surface area (Å²) in [5.41, 5.74) is 0.580. The summed E-state index contributed by atoms with van der Waals surface area (Å²) in [5.74, 6) is 0. The maximum absolute atomic E-state index is 12.0. The number of nitrogens with zero attached hydrogens (tertiary/aromatic N) is 1. The van der Waals surface area contributed by atoms with E-state index >= 15 is 0 Å². The summed E-state index contributed by atoms with van der Waals surface area (Å²) in [6.07, 6.45) is 5.33. The van der Waals surface area contributed by atoms with Crippen LogP contribution >= 0.6 is 11.6 Å². The quantitative estimate of drug-likeness (QED) is 0.917. The Bertz CT molecular complexity index is 651. The SMILES string of the molecule is O=C(NS(=O)(=O)/C=C/c1ccccc1Cl)N1CCCCCC1. The van der Waals surface area contributed by atoms with Crippen molar-refractivity contribution in [2.45, 2.75) is 25.7 Å². The normalized spacial score (nSPS) is 16.5. The van der Waals surface area contributed by atoms with E-state index in [1.807, 2.05) is 0 Å². The molecule has 0 atom stereocenters. The maximum atomic E-state index is 12.0. The van der Waals surface area contributed by atoms with Gasteiger partial charge in [0.15, 0.2) is 0 Å². The van der Waals surface area contributed by atoms with E-state index in [0.29, 0.717) is 23.7 Å². The Kier molecular flexibility index (Phi) is 5.85. The number of nitrogens with one attached hydrogen (secondary N) is 1. The topological polar surface area (TPSA) is 66.5 Å². The van der Waals surface area contributed by atoms with Crippen LogP contribution in [0.3, 0.4) is 0 Å². The molecule has 1 aliphatic rings. The van der Waals surface area contributed by atoms with E-state index in [-0.39, 0.29) is 0 Å². The number of likely N-dealkylation sites (tertiary alicyclic amines) is 1. The first kappa shape index (κ1) is 16.8. The third-order valence-corrected chi connectivity index (χ3v) is 4.75. The van der Waals surface area contributed by atoms with Gasteiger partial charge in [-0.25, -0.2) is 17.9 Å². The molecular formula is C15H19ClN2O3S. The highest BCUT2D eigenvalue weighted by molar-refractivity contribution is 7.93. The largest absolute Gasteiger partial charge is 0.331 e. The Labute approximate surface area is 136 Å². The first-order chi connectivity index (χ1) is 10.5. The molecule has 1 aromatic rings. The Morgan fingerprint density at radius 1 is 1.14 bits per heavy atom. The van der Waals surface area contributed by atoms with Crippen molar-refractivity contribution in [3.05, 3.63) is 40.3 Å². The van der Waals surface area contributed by atoms with Crippen molar-refractivity contribution in [1.82, 2.24) is 9.62 Å². The molecule has 2 rings (SSSR count). The molecule has 0 aliphatic carbocycles. The van der Waals surface area contributed by atoms with Crippen LogP contribution in [0.25, 0.3) is 6.08 Å². The highest BCUT2D eigenvalue weighted by Gasteiger charge is 2.19. The van der Waals surface area contributed by atoms with Gasteiger partial charge in [0.25, 0.3) is 10.0 Å². The highest BCUT2D eigenvalue weighted by atomic mass is 35.5. The van der Waals surface area contributed by atoms with E-state index in [1.54, 1.807) is 29.2 Å². The van der Waals surface area contributed by atoms with E-state index in [9.17, 15) is 13.2 Å². The van der Waals surface area contributed by atoms with E-state index in [0.717, 1.165) is 31.1 Å². The minimum Gasteiger partial charge on any atom is -0.324 e. The fourth-order valence-corrected chi connectivity index (χ4v) is 3.23. The monoisotopic (exact) mass is 342 g/mol. The molecule has 120 valence electrons. The van der Waals surface area contributed by atoms with Gasteiger partial charge < -0.3 is 4.90 Å². The summed E-state index contributed by atoms with van der Waals surface area (Å²) in [7, 11) is -3.84. The van der Waals surface area contributed by atoms with Gasteiger partial charge in [-0.3, -0.25) is 0 Å². The predicted molar refractivity (Wildman–Crippen MR) is 88.0 cm³/mol. The zero-order valence-electron chi connectivity index (χ0n) is 12.2. The number of hydrogen-bond donors (Lipinski definition) is 1. The van der Waals surface area contributed by atoms with Gasteiger partial charge in [-0.05, 0) is 30.5 Å². The molecule has 22 heavy (non-hydrogen) atoms. The van der Waals surface area contributed by atoms with Crippen molar-refractivity contribution >= 4 is 33.7 Å². The van der Waals surface area contributed by atoms with Crippen molar-refractivity contribution in [3.8, 4) is 0 Å². The van der Waals surface area contributed by atoms with Crippen LogP contribution in [0.4, 0.5) is 4.79 Å². The predicted octanol–water partition coefficient (Wildman–Crippen LogP) is 3.23. The van der Waals surface area contributed by atoms with Crippen LogP contribution in [-0.2, 0) is 10.0 Å². The highest BCUT2D eigenvalue weighted by Crippen LogP contribution is 2.16. The van der Waals surface area contributed by atoms with Crippen molar-refractivity contribution in [3.63, 3.8) is 0 Å². The molecule has 2 amide bonds. The lowest BCUT2D eigenvalue weighted by atomic mass is 10.2. The molecule has 1 heterocycles. The molecule has 1 aliphatic heterocycles. The molecule has 1 aromatic carbocycles. The van der Waals surface area contributed by atoms with Gasteiger partial charge in [0.2, 0.25) is 0 Å². The third kappa shape index (κ3) is 5.03. The second kappa shape index (κ2) is 7.65. The maximum Gasteiger partial charge on any atom is 0.331 e. The van der Waals surface area contributed by atoms with Crippen LogP contribution in [0.5, 0.6) is 0 Å². The molecule has 1 fully saturated rings. The summed E-state index contributed by atoms with van der Waals surface area (Å²) in [5, 5.41) is 1.41. The number of carbonyl (C=O) groups excluding carboxylic acids is 1. The number of benzene rings is 1. The van der Waals surface area contributed by atoms with Crippen LogP contribution in [0, 0.1) is 0 Å². The van der Waals surface area contributed by atoms with Gasteiger partial charge in [-0.2, -0.15) is 0 Å². The van der Waals surface area contributed by atoms with E-state index in [1.165, 1.54) is 6.08 Å². The summed E-state index contributed by atoms with van der Waals surface area (Å²) in [6, 6.07) is 6.32. The number of carbonyl (C=O) groups is 1. The van der Waals surface area contributed by atoms with Crippen molar-refractivity contribution in [1.29, 1.82) is 0 Å². The van der Waals surface area contributed by atoms with Gasteiger partial charge in [0, 0.05) is 18.1 Å². The zero-order chi connectivity index (χ0) is 16.0. The first-order valence-electron chi connectivity index (χ1n) is 7.22. The molecule has 1 N–H and O–H groups in total. The first-order valence-corrected chi connectivity index (χ1v) is 9.15. The number of amides is 2. The van der Waals surface area contributed by atoms with Gasteiger partial charge in [-0.15, -0.1) is 0 Å². The van der Waals surface area contributed by atoms with Crippen molar-refractivity contribution in [2.24, 2.45) is 0 Å². The molecule has 0 aromatic heterocycles. The molecule has 0 spiro atoms. The van der Waals surface area contributed by atoms with Crippen LogP contribution in [0.2, 0.25) is 5.02 Å². The zero-order valence-corrected chi connectivity index (χ0v) is 13.7. The Hall–Kier alpha value is -1.53. The number of sulfonamides is 1. The smallest absolute Gasteiger partial charge is 0.324 e. The molecule has 0 bridgehead atoms. The Morgan fingerprint density at radius 2 is 1.77 bits per heavy atom. The summed E-state index contributed by atoms with van der Waals surface area (Å²) in [6.45, 7) is 1.19. The number of halogens is 1. The second-order valence-electron chi connectivity index (χ2n) is 5.18. The fraction of sp³-hybridized carbons (Fsp3) is 0.400. The van der Waals surface area contributed by atoms with Crippen LogP contribution in [-0.4, -0.2) is 32.4 Å². The average molecular weight is 343 g/mol. The van der Waals surface area contributed by atoms with E-state index in [2.05, 4.69) is 4.72 Å². The number of rotatable bonds is 3. The lowest BCUT2D eigenvalue weighted by molar-refractivity contribution is 0.206. The standard InChI is InChI=1S/C15H19ClN2O3S/c16-14-8-4-3-7-13(14)9-12-22(20,21)17-15(19)18-10-5-1-2-6-11-18/h3-4,7-9,12H,1-2,5-6,10-11H2,(H,17,19)/b12-9+. The molecule has 0 radical (unpaired) electrons. The lowest BCUT2D eigenvalue weighted by Gasteiger charge is -2.19. The second-order valence-corrected chi connectivity index (χ2v) is 7.15. The molecule has 0 unspecified atom stereocenters. The third-order valence-electron chi connectivity index (χ3n) is 3.45. The summed E-state index contributed by atoms with van der Waals surface area (Å²) >= 11 is 5.96. The molecule has 5 nitrogen and oxygen atoms in total. The summed E-state index contributed by atoms with van der Waals surface area (Å²) in [4.78, 5) is 13.6. The van der Waals surface area contributed by atoms with Crippen molar-refractivity contribution in [2.75, 3.05) is 13.1 Å². The van der Waals surface area contributed by atoms with Gasteiger partial charge >= 0.3 is 6.03 Å². The van der Waals surface area contributed by atoms with Gasteiger partial charge in [0.05, 0.1) is 5.41 Å². The fourth-order valence-electron chi connectivity index (χ4n) is 2.27. The minimum absolute atomic E-state index is 0.452. The summed E-state index contributed by atoms with van der Waals surface area (Å²) < 4.78 is 26.0.